The van der Waals surface area contributed by atoms with Gasteiger partial charge < -0.3 is 24.9 Å². The summed E-state index contributed by atoms with van der Waals surface area (Å²) in [7, 11) is 2.27. The molecule has 3 aromatic heterocycles. The Labute approximate surface area is 243 Å². The van der Waals surface area contributed by atoms with E-state index in [9.17, 15) is 17.8 Å². The number of hydrogen-bond acceptors (Lipinski definition) is 11. The Morgan fingerprint density at radius 2 is 1.86 bits per heavy atom. The lowest BCUT2D eigenvalue weighted by molar-refractivity contribution is 0.0799. The zero-order valence-electron chi connectivity index (χ0n) is 23.5. The number of anilines is 3. The van der Waals surface area contributed by atoms with Crippen molar-refractivity contribution in [2.24, 2.45) is 0 Å². The molecular weight excluding hydrogens is 570 g/mol. The summed E-state index contributed by atoms with van der Waals surface area (Å²) in [5, 5.41) is 4.31. The third-order valence-corrected chi connectivity index (χ3v) is 7.85. The van der Waals surface area contributed by atoms with E-state index in [1.165, 1.54) is 35.0 Å². The van der Waals surface area contributed by atoms with E-state index in [1.807, 2.05) is 16.8 Å². The quantitative estimate of drug-likeness (QED) is 0.281. The fraction of sp³-hybridized carbons (Fsp3) is 0.423. The number of nitrogens with zero attached hydrogens (tertiary/aromatic N) is 9. The lowest BCUT2D eigenvalue weighted by atomic mass is 10.1. The Balaban J connectivity index is 1.19. The first kappa shape index (κ1) is 29.3. The average molecular weight is 603 g/mol. The summed E-state index contributed by atoms with van der Waals surface area (Å²) in [5.74, 6) is -0.245. The molecule has 2 N–H and O–H groups in total. The molecule has 0 spiro atoms. The van der Waals surface area contributed by atoms with Crippen molar-refractivity contribution in [3.05, 3.63) is 47.7 Å². The summed E-state index contributed by atoms with van der Waals surface area (Å²) in [6.45, 7) is 3.74. The van der Waals surface area contributed by atoms with Gasteiger partial charge in [0, 0.05) is 88.8 Å². The molecule has 0 radical (unpaired) electrons. The van der Waals surface area contributed by atoms with E-state index in [4.69, 9.17) is 10.2 Å². The molecule has 13 nitrogen and oxygen atoms in total. The highest BCUT2D eigenvalue weighted by molar-refractivity contribution is 7.84. The van der Waals surface area contributed by atoms with Gasteiger partial charge in [0.25, 0.3) is 11.7 Å². The number of amides is 1. The molecule has 5 rings (SSSR count). The molecule has 0 unspecified atom stereocenters. The molecule has 1 aliphatic heterocycles. The second kappa shape index (κ2) is 12.4. The van der Waals surface area contributed by atoms with Gasteiger partial charge in [0.2, 0.25) is 17.7 Å². The van der Waals surface area contributed by atoms with Gasteiger partial charge in [-0.3, -0.25) is 13.9 Å². The molecule has 1 saturated heterocycles. The summed E-state index contributed by atoms with van der Waals surface area (Å²) < 4.78 is 47.4. The number of piperazine rings is 1. The van der Waals surface area contributed by atoms with Crippen molar-refractivity contribution < 1.29 is 22.2 Å². The van der Waals surface area contributed by atoms with E-state index in [1.54, 1.807) is 12.1 Å². The Morgan fingerprint density at radius 3 is 2.55 bits per heavy atom. The van der Waals surface area contributed by atoms with Crippen LogP contribution in [0.4, 0.5) is 26.4 Å². The number of furan rings is 1. The Kier molecular flexibility index (Phi) is 8.63. The van der Waals surface area contributed by atoms with Crippen LogP contribution in [-0.4, -0.2) is 116 Å². The first-order valence-electron chi connectivity index (χ1n) is 13.3. The number of fused-ring (bicyclic) bond motifs is 1. The topological polar surface area (TPSA) is 142 Å². The number of nitrogen functional groups attached to an aromatic ring is 1. The standard InChI is InChI=1S/C26H32F2N10O3S/c1-34(12-14-42(3)40)23(39)17-15-20(19(28)16-18(17)27)37-10-8-36(9-11-37)7-6-35(2)25-31-24(29)38-26(32-25)30-22(33-38)21-5-4-13-41-21/h4-5,13,15-16H,6-12,14H2,1-3H3,(H2,29,30,31,32,33)/t42-/m0/s1. The van der Waals surface area contributed by atoms with E-state index in [0.29, 0.717) is 62.6 Å². The molecule has 1 amide bonds. The number of aromatic nitrogens is 5. The SMILES string of the molecule is CN(CC[S@](C)=O)C(=O)c1cc(N2CCN(CCN(C)c3nc(N)n4nc(-c5ccco5)nc4n3)CC2)c(F)cc1F. The average Bonchev–Trinajstić information content (AvgIpc) is 3.65. The van der Waals surface area contributed by atoms with E-state index >= 15 is 0 Å². The molecule has 1 atom stereocenters. The first-order chi connectivity index (χ1) is 20.1. The van der Waals surface area contributed by atoms with Crippen LogP contribution in [0.15, 0.2) is 34.9 Å². The van der Waals surface area contributed by atoms with Gasteiger partial charge in [0.1, 0.15) is 11.6 Å². The first-order valence-corrected chi connectivity index (χ1v) is 15.0. The van der Waals surface area contributed by atoms with Crippen molar-refractivity contribution in [2.45, 2.75) is 0 Å². The van der Waals surface area contributed by atoms with Gasteiger partial charge in [-0.05, 0) is 18.2 Å². The van der Waals surface area contributed by atoms with Gasteiger partial charge in [-0.1, -0.05) is 0 Å². The highest BCUT2D eigenvalue weighted by atomic mass is 32.2. The van der Waals surface area contributed by atoms with Crippen molar-refractivity contribution >= 4 is 40.1 Å². The van der Waals surface area contributed by atoms with Crippen LogP contribution < -0.4 is 15.5 Å². The van der Waals surface area contributed by atoms with E-state index in [0.717, 1.165) is 6.07 Å². The van der Waals surface area contributed by atoms with E-state index in [-0.39, 0.29) is 29.5 Å². The molecule has 1 fully saturated rings. The van der Waals surface area contributed by atoms with E-state index in [2.05, 4.69) is 25.0 Å². The van der Waals surface area contributed by atoms with Crippen LogP contribution in [0.5, 0.6) is 0 Å². The second-order valence-electron chi connectivity index (χ2n) is 10.0. The molecule has 0 bridgehead atoms. The van der Waals surface area contributed by atoms with Gasteiger partial charge in [0.15, 0.2) is 5.76 Å². The molecule has 0 saturated carbocycles. The smallest absolute Gasteiger partial charge is 0.259 e. The fourth-order valence-electron chi connectivity index (χ4n) is 4.60. The maximum atomic E-state index is 14.8. The molecule has 16 heteroatoms. The molecule has 4 heterocycles. The minimum Gasteiger partial charge on any atom is -0.461 e. The summed E-state index contributed by atoms with van der Waals surface area (Å²) >= 11 is 0. The summed E-state index contributed by atoms with van der Waals surface area (Å²) in [6.07, 6.45) is 3.07. The van der Waals surface area contributed by atoms with Crippen LogP contribution >= 0.6 is 0 Å². The van der Waals surface area contributed by atoms with Crippen LogP contribution in [0.25, 0.3) is 17.4 Å². The molecule has 1 aliphatic rings. The van der Waals surface area contributed by atoms with Gasteiger partial charge >= 0.3 is 0 Å². The maximum absolute atomic E-state index is 14.8. The van der Waals surface area contributed by atoms with Gasteiger partial charge in [-0.15, -0.1) is 5.10 Å². The lowest BCUT2D eigenvalue weighted by Crippen LogP contribution is -2.48. The van der Waals surface area contributed by atoms with Crippen LogP contribution in [0.3, 0.4) is 0 Å². The number of hydrogen-bond donors (Lipinski definition) is 1. The van der Waals surface area contributed by atoms with Crippen molar-refractivity contribution in [3.8, 4) is 11.6 Å². The zero-order valence-corrected chi connectivity index (χ0v) is 24.4. The number of carbonyl (C=O) groups is 1. The predicted molar refractivity (Wildman–Crippen MR) is 155 cm³/mol. The summed E-state index contributed by atoms with van der Waals surface area (Å²) in [5.41, 5.74) is 6.09. The molecule has 1 aromatic carbocycles. The van der Waals surface area contributed by atoms with Gasteiger partial charge in [-0.25, -0.2) is 8.78 Å². The van der Waals surface area contributed by atoms with Crippen LogP contribution in [0.2, 0.25) is 0 Å². The number of likely N-dealkylation sites (N-methyl/N-ethyl adjacent to an activating group) is 1. The molecule has 0 aliphatic carbocycles. The van der Waals surface area contributed by atoms with Crippen LogP contribution in [0, 0.1) is 11.6 Å². The van der Waals surface area contributed by atoms with Crippen LogP contribution in [-0.2, 0) is 10.8 Å². The van der Waals surface area contributed by atoms with Crippen LogP contribution in [0.1, 0.15) is 10.4 Å². The summed E-state index contributed by atoms with van der Waals surface area (Å²) in [4.78, 5) is 33.2. The number of carbonyl (C=O) groups excluding carboxylic acids is 1. The maximum Gasteiger partial charge on any atom is 0.259 e. The molecule has 42 heavy (non-hydrogen) atoms. The summed E-state index contributed by atoms with van der Waals surface area (Å²) in [6, 6.07) is 5.51. The largest absolute Gasteiger partial charge is 0.461 e. The van der Waals surface area contributed by atoms with Crippen molar-refractivity contribution in [1.82, 2.24) is 34.4 Å². The van der Waals surface area contributed by atoms with Crippen molar-refractivity contribution in [2.75, 3.05) is 87.5 Å². The van der Waals surface area contributed by atoms with Crippen molar-refractivity contribution in [1.29, 1.82) is 0 Å². The minimum atomic E-state index is -1.09. The van der Waals surface area contributed by atoms with Gasteiger partial charge in [0.05, 0.1) is 17.5 Å². The number of nitrogens with two attached hydrogens (primary N) is 1. The number of halogens is 2. The highest BCUT2D eigenvalue weighted by Crippen LogP contribution is 2.26. The molecular formula is C26H32F2N10O3S. The Bertz CT molecular complexity index is 1590. The Hall–Kier alpha value is -4.18. The third kappa shape index (κ3) is 6.33. The fourth-order valence-corrected chi connectivity index (χ4v) is 5.13. The molecule has 224 valence electrons. The number of rotatable bonds is 10. The normalized spacial score (nSPS) is 14.8. The minimum absolute atomic E-state index is 0.145. The monoisotopic (exact) mass is 602 g/mol. The zero-order chi connectivity index (χ0) is 30.0. The van der Waals surface area contributed by atoms with Gasteiger partial charge in [-0.2, -0.15) is 19.5 Å². The third-order valence-electron chi connectivity index (χ3n) is 7.10. The van der Waals surface area contributed by atoms with E-state index < -0.39 is 28.3 Å². The van der Waals surface area contributed by atoms with Crippen molar-refractivity contribution in [3.63, 3.8) is 0 Å². The molecule has 4 aromatic rings. The highest BCUT2D eigenvalue weighted by Gasteiger charge is 2.25. The lowest BCUT2D eigenvalue weighted by Gasteiger charge is -2.37. The Morgan fingerprint density at radius 1 is 1.10 bits per heavy atom. The second-order valence-corrected chi connectivity index (χ2v) is 11.6. The number of benzene rings is 1. The predicted octanol–water partition coefficient (Wildman–Crippen LogP) is 1.35.